The molecule has 2 N–H and O–H groups in total. The zero-order valence-electron chi connectivity index (χ0n) is 11.6. The van der Waals surface area contributed by atoms with E-state index in [-0.39, 0.29) is 18.4 Å². The van der Waals surface area contributed by atoms with Crippen LogP contribution in [0.25, 0.3) is 0 Å². The lowest BCUT2D eigenvalue weighted by Gasteiger charge is -2.07. The molecule has 0 radical (unpaired) electrons. The van der Waals surface area contributed by atoms with Crippen LogP contribution in [0.1, 0.15) is 22.8 Å². The molecular formula is C16H16N2O3. The Kier molecular flexibility index (Phi) is 5.06. The fraction of sp³-hybridized carbons (Fsp3) is 0.125. The lowest BCUT2D eigenvalue weighted by Crippen LogP contribution is -2.23. The summed E-state index contributed by atoms with van der Waals surface area (Å²) in [5, 5.41) is 2.62. The topological polar surface area (TPSA) is 67.4 Å². The highest BCUT2D eigenvalue weighted by molar-refractivity contribution is 5.96. The van der Waals surface area contributed by atoms with Gasteiger partial charge in [0.15, 0.2) is 0 Å². The summed E-state index contributed by atoms with van der Waals surface area (Å²) >= 11 is 0. The largest absolute Gasteiger partial charge is 0.326 e. The van der Waals surface area contributed by atoms with Crippen LogP contribution in [-0.4, -0.2) is 11.8 Å². The highest BCUT2D eigenvalue weighted by atomic mass is 16.6. The number of rotatable bonds is 5. The van der Waals surface area contributed by atoms with Gasteiger partial charge in [0.1, 0.15) is 0 Å². The van der Waals surface area contributed by atoms with Gasteiger partial charge in [0, 0.05) is 18.2 Å². The SMILES string of the molecule is CC(=O)Nc1cccc(C(=O)NOCc2ccccc2)c1. The van der Waals surface area contributed by atoms with Crippen LogP contribution in [0.3, 0.4) is 0 Å². The lowest BCUT2D eigenvalue weighted by molar-refractivity contribution is -0.114. The van der Waals surface area contributed by atoms with Gasteiger partial charge in [-0.3, -0.25) is 14.4 Å². The fourth-order valence-electron chi connectivity index (χ4n) is 1.76. The van der Waals surface area contributed by atoms with Gasteiger partial charge in [-0.15, -0.1) is 0 Å². The van der Waals surface area contributed by atoms with Crippen LogP contribution < -0.4 is 10.8 Å². The minimum absolute atomic E-state index is 0.187. The van der Waals surface area contributed by atoms with Gasteiger partial charge in [0.25, 0.3) is 5.91 Å². The van der Waals surface area contributed by atoms with E-state index >= 15 is 0 Å². The van der Waals surface area contributed by atoms with Crippen LogP contribution in [0.4, 0.5) is 5.69 Å². The van der Waals surface area contributed by atoms with Gasteiger partial charge < -0.3 is 5.32 Å². The number of hydrogen-bond donors (Lipinski definition) is 2. The third-order valence-electron chi connectivity index (χ3n) is 2.69. The van der Waals surface area contributed by atoms with E-state index in [1.54, 1.807) is 24.3 Å². The van der Waals surface area contributed by atoms with Crippen molar-refractivity contribution in [2.24, 2.45) is 0 Å². The Morgan fingerprint density at radius 1 is 1.05 bits per heavy atom. The standard InChI is InChI=1S/C16H16N2O3/c1-12(19)17-15-9-5-8-14(10-15)16(20)18-21-11-13-6-3-2-4-7-13/h2-10H,11H2,1H3,(H,17,19)(H,18,20). The summed E-state index contributed by atoms with van der Waals surface area (Å²) in [6.07, 6.45) is 0. The molecule has 0 unspecified atom stereocenters. The van der Waals surface area contributed by atoms with Crippen molar-refractivity contribution in [1.29, 1.82) is 0 Å². The quantitative estimate of drug-likeness (QED) is 0.829. The second-order valence-electron chi connectivity index (χ2n) is 4.47. The molecule has 0 aliphatic heterocycles. The van der Waals surface area contributed by atoms with Crippen molar-refractivity contribution in [2.75, 3.05) is 5.32 Å². The van der Waals surface area contributed by atoms with Crippen molar-refractivity contribution in [2.45, 2.75) is 13.5 Å². The van der Waals surface area contributed by atoms with Gasteiger partial charge in [-0.2, -0.15) is 0 Å². The Balaban J connectivity index is 1.89. The molecule has 0 bridgehead atoms. The van der Waals surface area contributed by atoms with Crippen molar-refractivity contribution in [1.82, 2.24) is 5.48 Å². The summed E-state index contributed by atoms with van der Waals surface area (Å²) in [6.45, 7) is 1.70. The summed E-state index contributed by atoms with van der Waals surface area (Å²) < 4.78 is 0. The van der Waals surface area contributed by atoms with E-state index < -0.39 is 0 Å². The molecule has 2 amide bonds. The van der Waals surface area contributed by atoms with Gasteiger partial charge >= 0.3 is 0 Å². The summed E-state index contributed by atoms with van der Waals surface area (Å²) in [5.41, 5.74) is 4.32. The number of anilines is 1. The lowest BCUT2D eigenvalue weighted by atomic mass is 10.2. The van der Waals surface area contributed by atoms with Crippen LogP contribution in [0.15, 0.2) is 54.6 Å². The number of nitrogens with one attached hydrogen (secondary N) is 2. The molecule has 0 spiro atoms. The molecule has 0 saturated heterocycles. The molecule has 21 heavy (non-hydrogen) atoms. The molecular weight excluding hydrogens is 268 g/mol. The molecule has 0 fully saturated rings. The van der Waals surface area contributed by atoms with Gasteiger partial charge in [-0.05, 0) is 23.8 Å². The summed E-state index contributed by atoms with van der Waals surface area (Å²) in [6, 6.07) is 16.2. The molecule has 5 nitrogen and oxygen atoms in total. The van der Waals surface area contributed by atoms with E-state index in [4.69, 9.17) is 4.84 Å². The van der Waals surface area contributed by atoms with Gasteiger partial charge in [-0.1, -0.05) is 36.4 Å². The Morgan fingerprint density at radius 2 is 1.81 bits per heavy atom. The van der Waals surface area contributed by atoms with E-state index in [1.165, 1.54) is 6.92 Å². The minimum atomic E-state index is -0.363. The first kappa shape index (κ1) is 14.7. The van der Waals surface area contributed by atoms with Crippen LogP contribution in [0, 0.1) is 0 Å². The molecule has 2 rings (SSSR count). The first-order valence-corrected chi connectivity index (χ1v) is 6.49. The third-order valence-corrected chi connectivity index (χ3v) is 2.69. The Bertz CT molecular complexity index is 626. The van der Waals surface area contributed by atoms with Crippen molar-refractivity contribution in [3.8, 4) is 0 Å². The first-order chi connectivity index (χ1) is 10.1. The molecule has 0 aliphatic rings. The summed E-state index contributed by atoms with van der Waals surface area (Å²) in [5.74, 6) is -0.550. The Hall–Kier alpha value is -2.66. The van der Waals surface area contributed by atoms with Gasteiger partial charge in [0.2, 0.25) is 5.91 Å². The van der Waals surface area contributed by atoms with E-state index in [0.717, 1.165) is 5.56 Å². The molecule has 0 saturated carbocycles. The molecule has 2 aromatic rings. The highest BCUT2D eigenvalue weighted by Crippen LogP contribution is 2.10. The number of amides is 2. The Morgan fingerprint density at radius 3 is 2.52 bits per heavy atom. The summed E-state index contributed by atoms with van der Waals surface area (Å²) in [7, 11) is 0. The predicted molar refractivity (Wildman–Crippen MR) is 79.4 cm³/mol. The maximum atomic E-state index is 11.9. The maximum absolute atomic E-state index is 11.9. The molecule has 2 aromatic carbocycles. The van der Waals surface area contributed by atoms with Crippen molar-refractivity contribution in [3.63, 3.8) is 0 Å². The molecule has 108 valence electrons. The average molecular weight is 284 g/mol. The number of hydroxylamine groups is 1. The van der Waals surface area contributed by atoms with Crippen molar-refractivity contribution in [3.05, 3.63) is 65.7 Å². The zero-order chi connectivity index (χ0) is 15.1. The van der Waals surface area contributed by atoms with E-state index in [0.29, 0.717) is 11.3 Å². The number of benzene rings is 2. The van der Waals surface area contributed by atoms with E-state index in [9.17, 15) is 9.59 Å². The summed E-state index contributed by atoms with van der Waals surface area (Å²) in [4.78, 5) is 28.1. The third kappa shape index (κ3) is 4.74. The molecule has 0 heterocycles. The van der Waals surface area contributed by atoms with E-state index in [1.807, 2.05) is 30.3 Å². The van der Waals surface area contributed by atoms with Crippen molar-refractivity contribution >= 4 is 17.5 Å². The van der Waals surface area contributed by atoms with Gasteiger partial charge in [0.05, 0.1) is 6.61 Å². The van der Waals surface area contributed by atoms with E-state index in [2.05, 4.69) is 10.8 Å². The zero-order valence-corrected chi connectivity index (χ0v) is 11.6. The second-order valence-corrected chi connectivity index (χ2v) is 4.47. The number of hydrogen-bond acceptors (Lipinski definition) is 3. The predicted octanol–water partition coefficient (Wildman–Crippen LogP) is 2.51. The molecule has 5 heteroatoms. The van der Waals surface area contributed by atoms with Gasteiger partial charge in [-0.25, -0.2) is 5.48 Å². The molecule has 0 aliphatic carbocycles. The van der Waals surface area contributed by atoms with Crippen LogP contribution >= 0.6 is 0 Å². The number of carbonyl (C=O) groups is 2. The molecule has 0 atom stereocenters. The minimum Gasteiger partial charge on any atom is -0.326 e. The highest BCUT2D eigenvalue weighted by Gasteiger charge is 2.06. The monoisotopic (exact) mass is 284 g/mol. The first-order valence-electron chi connectivity index (χ1n) is 6.49. The van der Waals surface area contributed by atoms with Crippen molar-refractivity contribution < 1.29 is 14.4 Å². The fourth-order valence-corrected chi connectivity index (χ4v) is 1.76. The van der Waals surface area contributed by atoms with Crippen LogP contribution in [-0.2, 0) is 16.2 Å². The smallest absolute Gasteiger partial charge is 0.274 e. The Labute approximate surface area is 122 Å². The molecule has 0 aromatic heterocycles. The average Bonchev–Trinajstić information content (AvgIpc) is 2.48. The number of carbonyl (C=O) groups excluding carboxylic acids is 2. The second kappa shape index (κ2) is 7.21. The van der Waals surface area contributed by atoms with Crippen LogP contribution in [0.5, 0.6) is 0 Å². The van der Waals surface area contributed by atoms with Crippen LogP contribution in [0.2, 0.25) is 0 Å². The normalized spacial score (nSPS) is 9.95. The maximum Gasteiger partial charge on any atom is 0.274 e.